The number of rotatable bonds is 24. The molecule has 0 aromatic heterocycles. The largest absolute Gasteiger partial charge is 0.467 e. The van der Waals surface area contributed by atoms with E-state index in [2.05, 4.69) is 11.0 Å². The number of carbonyl (C=O) groups is 4. The molecule has 0 heterocycles. The molecule has 2 aromatic rings. The smallest absolute Gasteiger partial charge is 0.337 e. The fourth-order valence-electron chi connectivity index (χ4n) is 4.83. The van der Waals surface area contributed by atoms with E-state index in [1.54, 1.807) is 12.1 Å². The van der Waals surface area contributed by atoms with Crippen LogP contribution in [0.25, 0.3) is 0 Å². The number of Topliss-reactive ketones (excluding diaryl/α,β-unsaturated/α-hetero) is 3. The van der Waals surface area contributed by atoms with Crippen molar-refractivity contribution in [2.24, 2.45) is 17.4 Å². The molecule has 12 heteroatoms. The molecule has 0 aliphatic rings. The van der Waals surface area contributed by atoms with Crippen molar-refractivity contribution in [3.63, 3.8) is 0 Å². The standard InChI is InChI=1S/C33H48N4O7.ClH/c1-25(36-43-23-26-15-7-3-8-16-26)31(40)30(28(38)19-11-5-13-21-34)33(32(41)42-2,29(39)20-12-6-14-22-35)37-44-24-27-17-9-4-10-18-27;/h3-4,7-10,15-18,25,30,36-37H,5-6,11-14,19-24,34-35H2,1-2H3;1H. The molecule has 3 atom stereocenters. The van der Waals surface area contributed by atoms with Crippen molar-refractivity contribution in [3.05, 3.63) is 71.8 Å². The lowest BCUT2D eigenvalue weighted by molar-refractivity contribution is -0.174. The minimum Gasteiger partial charge on any atom is -0.467 e. The Balaban J connectivity index is 0.0000101. The Kier molecular flexibility index (Phi) is 20.0. The van der Waals surface area contributed by atoms with E-state index in [-0.39, 0.29) is 38.5 Å². The maximum Gasteiger partial charge on any atom is 0.337 e. The number of nitrogens with two attached hydrogens (primary N) is 2. The van der Waals surface area contributed by atoms with Crippen LogP contribution in [0.5, 0.6) is 0 Å². The van der Waals surface area contributed by atoms with Gasteiger partial charge in [0.05, 0.1) is 26.4 Å². The summed E-state index contributed by atoms with van der Waals surface area (Å²) in [6.45, 7) is 2.53. The van der Waals surface area contributed by atoms with Gasteiger partial charge in [-0.3, -0.25) is 24.1 Å². The summed E-state index contributed by atoms with van der Waals surface area (Å²) in [6.07, 6.45) is 3.32. The first kappa shape index (κ1) is 40.0. The molecule has 0 fully saturated rings. The van der Waals surface area contributed by atoms with Crippen LogP contribution in [0.4, 0.5) is 0 Å². The Morgan fingerprint density at radius 1 is 0.756 bits per heavy atom. The fraction of sp³-hybridized carbons (Fsp3) is 0.515. The molecule has 0 amide bonds. The number of ether oxygens (including phenoxy) is 1. The average molecular weight is 649 g/mol. The zero-order valence-electron chi connectivity index (χ0n) is 26.3. The van der Waals surface area contributed by atoms with E-state index >= 15 is 0 Å². The van der Waals surface area contributed by atoms with E-state index in [4.69, 9.17) is 25.9 Å². The van der Waals surface area contributed by atoms with E-state index in [1.165, 1.54) is 6.92 Å². The quantitative estimate of drug-likeness (QED) is 0.0568. The zero-order valence-corrected chi connectivity index (χ0v) is 27.2. The predicted molar refractivity (Wildman–Crippen MR) is 174 cm³/mol. The maximum absolute atomic E-state index is 14.1. The van der Waals surface area contributed by atoms with Gasteiger partial charge in [-0.05, 0) is 56.8 Å². The van der Waals surface area contributed by atoms with Crippen LogP contribution in [-0.2, 0) is 46.8 Å². The summed E-state index contributed by atoms with van der Waals surface area (Å²) >= 11 is 0. The number of unbranched alkanes of at least 4 members (excludes halogenated alkanes) is 4. The molecule has 2 aromatic carbocycles. The van der Waals surface area contributed by atoms with Crippen LogP contribution < -0.4 is 22.4 Å². The predicted octanol–water partition coefficient (Wildman–Crippen LogP) is 3.51. The van der Waals surface area contributed by atoms with Gasteiger partial charge < -0.3 is 16.2 Å². The molecule has 0 bridgehead atoms. The highest BCUT2D eigenvalue weighted by atomic mass is 35.5. The van der Waals surface area contributed by atoms with Crippen LogP contribution in [0.15, 0.2) is 60.7 Å². The van der Waals surface area contributed by atoms with Crippen LogP contribution in [-0.4, -0.2) is 55.1 Å². The number of nitrogens with one attached hydrogen (secondary N) is 2. The van der Waals surface area contributed by atoms with Gasteiger partial charge in [-0.2, -0.15) is 11.0 Å². The topological polar surface area (TPSA) is 172 Å². The maximum atomic E-state index is 14.1. The van der Waals surface area contributed by atoms with Crippen LogP contribution in [0, 0.1) is 5.92 Å². The lowest BCUT2D eigenvalue weighted by Crippen LogP contribution is -2.68. The molecule has 0 saturated carbocycles. The number of esters is 1. The summed E-state index contributed by atoms with van der Waals surface area (Å²) in [6, 6.07) is 17.3. The molecule has 250 valence electrons. The van der Waals surface area contributed by atoms with Crippen LogP contribution in [0.1, 0.15) is 69.4 Å². The second-order valence-corrected chi connectivity index (χ2v) is 10.7. The third-order valence-corrected chi connectivity index (χ3v) is 7.31. The monoisotopic (exact) mass is 648 g/mol. The van der Waals surface area contributed by atoms with Crippen molar-refractivity contribution in [2.75, 3.05) is 20.2 Å². The van der Waals surface area contributed by atoms with Crippen molar-refractivity contribution in [3.8, 4) is 0 Å². The van der Waals surface area contributed by atoms with Gasteiger partial charge in [0.1, 0.15) is 11.7 Å². The van der Waals surface area contributed by atoms with Gasteiger partial charge in [-0.15, -0.1) is 12.4 Å². The van der Waals surface area contributed by atoms with Gasteiger partial charge >= 0.3 is 5.97 Å². The zero-order chi connectivity index (χ0) is 32.2. The summed E-state index contributed by atoms with van der Waals surface area (Å²) in [7, 11) is 1.11. The van der Waals surface area contributed by atoms with E-state index in [0.717, 1.165) is 18.2 Å². The first-order valence-corrected chi connectivity index (χ1v) is 15.2. The van der Waals surface area contributed by atoms with E-state index in [1.807, 2.05) is 48.5 Å². The molecule has 0 aliphatic carbocycles. The molecular weight excluding hydrogens is 600 g/mol. The van der Waals surface area contributed by atoms with Gasteiger partial charge in [-0.1, -0.05) is 73.5 Å². The Morgan fingerprint density at radius 2 is 1.27 bits per heavy atom. The van der Waals surface area contributed by atoms with Crippen molar-refractivity contribution in [1.29, 1.82) is 0 Å². The lowest BCUT2D eigenvalue weighted by Gasteiger charge is -2.36. The van der Waals surface area contributed by atoms with Gasteiger partial charge in [-0.25, -0.2) is 4.79 Å². The minimum absolute atomic E-state index is 0. The molecule has 45 heavy (non-hydrogen) atoms. The van der Waals surface area contributed by atoms with E-state index in [0.29, 0.717) is 51.6 Å². The molecule has 0 radical (unpaired) electrons. The number of hydrogen-bond acceptors (Lipinski definition) is 11. The van der Waals surface area contributed by atoms with Crippen molar-refractivity contribution in [2.45, 2.75) is 83.1 Å². The summed E-state index contributed by atoms with van der Waals surface area (Å²) < 4.78 is 5.12. The van der Waals surface area contributed by atoms with Gasteiger partial charge in [0.2, 0.25) is 5.54 Å². The summed E-state index contributed by atoms with van der Waals surface area (Å²) in [4.78, 5) is 67.1. The van der Waals surface area contributed by atoms with Crippen molar-refractivity contribution in [1.82, 2.24) is 11.0 Å². The van der Waals surface area contributed by atoms with Crippen LogP contribution >= 0.6 is 12.4 Å². The fourth-order valence-corrected chi connectivity index (χ4v) is 4.83. The Morgan fingerprint density at radius 3 is 1.78 bits per heavy atom. The molecule has 0 aliphatic heterocycles. The second-order valence-electron chi connectivity index (χ2n) is 10.7. The molecular formula is C33H49ClN4O7. The highest BCUT2D eigenvalue weighted by Gasteiger charge is 2.59. The molecule has 2 rings (SSSR count). The minimum atomic E-state index is -2.43. The van der Waals surface area contributed by atoms with E-state index in [9.17, 15) is 19.2 Å². The van der Waals surface area contributed by atoms with Gasteiger partial charge in [0.25, 0.3) is 0 Å². The molecule has 0 spiro atoms. The summed E-state index contributed by atoms with van der Waals surface area (Å²) in [5.41, 5.74) is 15.7. The first-order chi connectivity index (χ1) is 21.3. The number of carbonyl (C=O) groups excluding carboxylic acids is 4. The Bertz CT molecular complexity index is 1160. The summed E-state index contributed by atoms with van der Waals surface area (Å²) in [5, 5.41) is 0. The van der Waals surface area contributed by atoms with E-state index < -0.39 is 40.8 Å². The number of ketones is 3. The average Bonchev–Trinajstić information content (AvgIpc) is 3.04. The SMILES string of the molecule is COC(=O)C(NOCc1ccccc1)(C(=O)CCCCCN)C(C(=O)CCCCCN)C(=O)C(C)NOCc1ccccc1.Cl. The van der Waals surface area contributed by atoms with Crippen molar-refractivity contribution < 1.29 is 33.6 Å². The second kappa shape index (κ2) is 22.5. The highest BCUT2D eigenvalue weighted by molar-refractivity contribution is 6.20. The van der Waals surface area contributed by atoms with Gasteiger partial charge in [0, 0.05) is 12.8 Å². The molecule has 3 unspecified atom stereocenters. The third-order valence-electron chi connectivity index (χ3n) is 7.31. The number of halogens is 1. The molecule has 0 saturated heterocycles. The Labute approximate surface area is 272 Å². The molecule has 11 nitrogen and oxygen atoms in total. The number of hydrogen-bond donors (Lipinski definition) is 4. The molecule has 6 N–H and O–H groups in total. The van der Waals surface area contributed by atoms with Crippen LogP contribution in [0.2, 0.25) is 0 Å². The lowest BCUT2D eigenvalue weighted by atomic mass is 9.72. The Hall–Kier alpha value is -3.03. The van der Waals surface area contributed by atoms with Gasteiger partial charge in [0.15, 0.2) is 11.6 Å². The number of benzene rings is 2. The normalized spacial score (nSPS) is 13.6. The first-order valence-electron chi connectivity index (χ1n) is 15.2. The van der Waals surface area contributed by atoms with Crippen molar-refractivity contribution >= 4 is 35.7 Å². The third kappa shape index (κ3) is 12.7. The number of hydroxylamine groups is 2. The number of methoxy groups -OCH3 is 1. The van der Waals surface area contributed by atoms with Crippen LogP contribution in [0.3, 0.4) is 0 Å². The summed E-state index contributed by atoms with van der Waals surface area (Å²) in [5.74, 6) is -4.81. The highest BCUT2D eigenvalue weighted by Crippen LogP contribution is 2.29.